The molecule has 3 rings (SSSR count). The number of rotatable bonds is 3. The third-order valence-electron chi connectivity index (χ3n) is 3.08. The van der Waals surface area contributed by atoms with Gasteiger partial charge in [0, 0.05) is 23.0 Å². The number of thiazole rings is 1. The Morgan fingerprint density at radius 2 is 2.06 bits per heavy atom. The van der Waals surface area contributed by atoms with Gasteiger partial charge < -0.3 is 4.57 Å². The summed E-state index contributed by atoms with van der Waals surface area (Å²) in [4.78, 5) is 4.69. The first kappa shape index (κ1) is 11.5. The highest BCUT2D eigenvalue weighted by atomic mass is 32.1. The van der Waals surface area contributed by atoms with Crippen LogP contribution in [-0.4, -0.2) is 9.55 Å². The van der Waals surface area contributed by atoms with Crippen molar-refractivity contribution in [2.75, 3.05) is 0 Å². The van der Waals surface area contributed by atoms with E-state index in [1.54, 1.807) is 11.3 Å². The van der Waals surface area contributed by atoms with Crippen molar-refractivity contribution in [1.29, 1.82) is 0 Å². The average molecular weight is 256 g/mol. The lowest BCUT2D eigenvalue weighted by Gasteiger charge is -2.03. The van der Waals surface area contributed by atoms with Gasteiger partial charge in [-0.05, 0) is 17.5 Å². The van der Waals surface area contributed by atoms with E-state index >= 15 is 0 Å². The molecule has 0 amide bonds. The van der Waals surface area contributed by atoms with Gasteiger partial charge in [0.1, 0.15) is 0 Å². The van der Waals surface area contributed by atoms with Crippen molar-refractivity contribution in [2.24, 2.45) is 0 Å². The van der Waals surface area contributed by atoms with Gasteiger partial charge in [-0.1, -0.05) is 32.0 Å². The molecule has 0 aliphatic rings. The Bertz CT molecular complexity index is 664. The zero-order valence-electron chi connectivity index (χ0n) is 10.6. The van der Waals surface area contributed by atoms with Gasteiger partial charge in [-0.25, -0.2) is 4.98 Å². The lowest BCUT2D eigenvalue weighted by molar-refractivity contribution is 0.787. The molecule has 2 heterocycles. The van der Waals surface area contributed by atoms with Crippen LogP contribution in [0.4, 0.5) is 0 Å². The summed E-state index contributed by atoms with van der Waals surface area (Å²) in [6, 6.07) is 10.6. The highest BCUT2D eigenvalue weighted by Crippen LogP contribution is 2.21. The third kappa shape index (κ3) is 2.06. The van der Waals surface area contributed by atoms with E-state index in [4.69, 9.17) is 0 Å². The molecule has 3 heteroatoms. The summed E-state index contributed by atoms with van der Waals surface area (Å²) in [5, 5.41) is 4.68. The quantitative estimate of drug-likeness (QED) is 0.684. The van der Waals surface area contributed by atoms with Gasteiger partial charge in [-0.3, -0.25) is 0 Å². The molecule has 0 aliphatic heterocycles. The van der Waals surface area contributed by atoms with Crippen LogP contribution in [0.1, 0.15) is 30.5 Å². The predicted octanol–water partition coefficient (Wildman–Crippen LogP) is 4.27. The molecule has 0 saturated heterocycles. The monoisotopic (exact) mass is 256 g/mol. The molecule has 0 N–H and O–H groups in total. The topological polar surface area (TPSA) is 17.8 Å². The second-order valence-electron chi connectivity index (χ2n) is 4.83. The van der Waals surface area contributed by atoms with E-state index < -0.39 is 0 Å². The fourth-order valence-corrected chi connectivity index (χ4v) is 2.94. The molecule has 92 valence electrons. The lowest BCUT2D eigenvalue weighted by Crippen LogP contribution is -1.98. The lowest BCUT2D eigenvalue weighted by atomic mass is 10.2. The first-order valence-corrected chi connectivity index (χ1v) is 7.10. The van der Waals surface area contributed by atoms with Gasteiger partial charge in [0.05, 0.1) is 17.2 Å². The Morgan fingerprint density at radius 3 is 2.83 bits per heavy atom. The summed E-state index contributed by atoms with van der Waals surface area (Å²) >= 11 is 1.76. The first-order chi connectivity index (χ1) is 8.74. The molecule has 0 bridgehead atoms. The van der Waals surface area contributed by atoms with Gasteiger partial charge in [-0.15, -0.1) is 11.3 Å². The predicted molar refractivity (Wildman–Crippen MR) is 77.2 cm³/mol. The molecule has 0 atom stereocenters. The SMILES string of the molecule is CC(C)c1nc(Cn2ccc3ccccc32)cs1. The Morgan fingerprint density at radius 1 is 1.22 bits per heavy atom. The van der Waals surface area contributed by atoms with E-state index in [0.717, 1.165) is 12.2 Å². The maximum Gasteiger partial charge on any atom is 0.0954 e. The normalized spacial score (nSPS) is 11.5. The van der Waals surface area contributed by atoms with Crippen LogP contribution in [0.2, 0.25) is 0 Å². The van der Waals surface area contributed by atoms with Crippen molar-refractivity contribution in [2.45, 2.75) is 26.3 Å². The van der Waals surface area contributed by atoms with E-state index in [0.29, 0.717) is 5.92 Å². The maximum atomic E-state index is 4.69. The number of hydrogen-bond donors (Lipinski definition) is 0. The number of fused-ring (bicyclic) bond motifs is 1. The fourth-order valence-electron chi connectivity index (χ4n) is 2.11. The van der Waals surface area contributed by atoms with Crippen LogP contribution >= 0.6 is 11.3 Å². The summed E-state index contributed by atoms with van der Waals surface area (Å²) in [5.41, 5.74) is 2.43. The molecule has 0 radical (unpaired) electrons. The van der Waals surface area contributed by atoms with Gasteiger partial charge in [-0.2, -0.15) is 0 Å². The standard InChI is InChI=1S/C15H16N2S/c1-11(2)15-16-13(10-18-15)9-17-8-7-12-5-3-4-6-14(12)17/h3-8,10-11H,9H2,1-2H3. The van der Waals surface area contributed by atoms with E-state index in [9.17, 15) is 0 Å². The minimum atomic E-state index is 0.519. The van der Waals surface area contributed by atoms with Crippen molar-refractivity contribution in [3.05, 3.63) is 52.6 Å². The van der Waals surface area contributed by atoms with Crippen molar-refractivity contribution < 1.29 is 0 Å². The van der Waals surface area contributed by atoms with Crippen LogP contribution in [0.5, 0.6) is 0 Å². The molecule has 0 unspecified atom stereocenters. The Labute approximate surface area is 111 Å². The summed E-state index contributed by atoms with van der Waals surface area (Å²) in [6.45, 7) is 5.23. The maximum absolute atomic E-state index is 4.69. The Hall–Kier alpha value is -1.61. The highest BCUT2D eigenvalue weighted by molar-refractivity contribution is 7.09. The molecule has 2 nitrogen and oxygen atoms in total. The largest absolute Gasteiger partial charge is 0.341 e. The molecule has 1 aromatic carbocycles. The summed E-state index contributed by atoms with van der Waals surface area (Å²) in [6.07, 6.45) is 2.14. The van der Waals surface area contributed by atoms with Crippen molar-refractivity contribution >= 4 is 22.2 Å². The minimum Gasteiger partial charge on any atom is -0.341 e. The van der Waals surface area contributed by atoms with Gasteiger partial charge in [0.15, 0.2) is 0 Å². The third-order valence-corrected chi connectivity index (χ3v) is 4.27. The van der Waals surface area contributed by atoms with Crippen LogP contribution in [0, 0.1) is 0 Å². The highest BCUT2D eigenvalue weighted by Gasteiger charge is 2.07. The molecule has 0 aliphatic carbocycles. The van der Waals surface area contributed by atoms with Gasteiger partial charge >= 0.3 is 0 Å². The fraction of sp³-hybridized carbons (Fsp3) is 0.267. The summed E-state index contributed by atoms with van der Waals surface area (Å²) in [5.74, 6) is 0.519. The Kier molecular flexibility index (Phi) is 2.92. The summed E-state index contributed by atoms with van der Waals surface area (Å²) < 4.78 is 2.26. The van der Waals surface area contributed by atoms with E-state index in [1.165, 1.54) is 15.9 Å². The number of nitrogens with zero attached hydrogens (tertiary/aromatic N) is 2. The average Bonchev–Trinajstić information content (AvgIpc) is 2.98. The van der Waals surface area contributed by atoms with Crippen LogP contribution < -0.4 is 0 Å². The number of benzene rings is 1. The van der Waals surface area contributed by atoms with Crippen molar-refractivity contribution in [1.82, 2.24) is 9.55 Å². The van der Waals surface area contributed by atoms with Crippen molar-refractivity contribution in [3.63, 3.8) is 0 Å². The molecule has 3 aromatic rings. The number of hydrogen-bond acceptors (Lipinski definition) is 2. The second-order valence-corrected chi connectivity index (χ2v) is 5.72. The van der Waals surface area contributed by atoms with Crippen molar-refractivity contribution in [3.8, 4) is 0 Å². The van der Waals surface area contributed by atoms with Gasteiger partial charge in [0.25, 0.3) is 0 Å². The number of para-hydroxylation sites is 1. The van der Waals surface area contributed by atoms with Gasteiger partial charge in [0.2, 0.25) is 0 Å². The van der Waals surface area contributed by atoms with Crippen LogP contribution in [0.3, 0.4) is 0 Å². The molecule has 0 saturated carbocycles. The summed E-state index contributed by atoms with van der Waals surface area (Å²) in [7, 11) is 0. The Balaban J connectivity index is 1.91. The van der Waals surface area contributed by atoms with Crippen LogP contribution in [0.15, 0.2) is 41.9 Å². The van der Waals surface area contributed by atoms with E-state index in [1.807, 2.05) is 0 Å². The molecule has 2 aromatic heterocycles. The zero-order chi connectivity index (χ0) is 12.5. The molecular weight excluding hydrogens is 240 g/mol. The van der Waals surface area contributed by atoms with Crippen LogP contribution in [-0.2, 0) is 6.54 Å². The molecule has 0 fully saturated rings. The van der Waals surface area contributed by atoms with E-state index in [2.05, 4.69) is 65.3 Å². The van der Waals surface area contributed by atoms with E-state index in [-0.39, 0.29) is 0 Å². The second kappa shape index (κ2) is 4.58. The van der Waals surface area contributed by atoms with Crippen LogP contribution in [0.25, 0.3) is 10.9 Å². The smallest absolute Gasteiger partial charge is 0.0954 e. The molecule has 18 heavy (non-hydrogen) atoms. The molecule has 0 spiro atoms. The number of aromatic nitrogens is 2. The molecular formula is C15H16N2S. The first-order valence-electron chi connectivity index (χ1n) is 6.22. The zero-order valence-corrected chi connectivity index (χ0v) is 11.4. The minimum absolute atomic E-state index is 0.519.